The summed E-state index contributed by atoms with van der Waals surface area (Å²) in [7, 11) is 0. The lowest BCUT2D eigenvalue weighted by Crippen LogP contribution is -2.43. The van der Waals surface area contributed by atoms with Crippen LogP contribution in [0.15, 0.2) is 4.52 Å². The van der Waals surface area contributed by atoms with Crippen molar-refractivity contribution in [2.24, 2.45) is 0 Å². The summed E-state index contributed by atoms with van der Waals surface area (Å²) < 4.78 is 5.08. The summed E-state index contributed by atoms with van der Waals surface area (Å²) in [4.78, 5) is 11.9. The van der Waals surface area contributed by atoms with Gasteiger partial charge in [-0.2, -0.15) is 0 Å². The van der Waals surface area contributed by atoms with Crippen molar-refractivity contribution < 1.29 is 14.4 Å². The molecular weight excluding hydrogens is 246 g/mol. The third-order valence-electron chi connectivity index (χ3n) is 3.17. The number of urea groups is 1. The Morgan fingerprint density at radius 1 is 1.42 bits per heavy atom. The molecule has 3 N–H and O–H groups in total. The molecule has 0 bridgehead atoms. The van der Waals surface area contributed by atoms with Gasteiger partial charge in [0.05, 0.1) is 11.7 Å². The van der Waals surface area contributed by atoms with Crippen molar-refractivity contribution in [3.05, 3.63) is 17.0 Å². The Bertz CT molecular complexity index is 398. The van der Waals surface area contributed by atoms with Crippen LogP contribution >= 0.6 is 0 Å². The fourth-order valence-electron chi connectivity index (χ4n) is 2.14. The minimum atomic E-state index is -0.243. The number of nitrogens with zero attached hydrogens (tertiary/aromatic N) is 1. The zero-order chi connectivity index (χ0) is 14.4. The molecule has 19 heavy (non-hydrogen) atoms. The van der Waals surface area contributed by atoms with Crippen molar-refractivity contribution in [3.8, 4) is 0 Å². The lowest BCUT2D eigenvalue weighted by Gasteiger charge is -2.19. The van der Waals surface area contributed by atoms with Gasteiger partial charge < -0.3 is 20.3 Å². The first-order chi connectivity index (χ1) is 8.99. The van der Waals surface area contributed by atoms with Gasteiger partial charge in [-0.1, -0.05) is 12.1 Å². The van der Waals surface area contributed by atoms with E-state index in [0.717, 1.165) is 17.7 Å². The summed E-state index contributed by atoms with van der Waals surface area (Å²) >= 11 is 0. The fraction of sp³-hybridized carbons (Fsp3) is 0.692. The van der Waals surface area contributed by atoms with Crippen LogP contribution in [-0.2, 0) is 0 Å². The molecule has 0 aliphatic rings. The predicted octanol–water partition coefficient (Wildman–Crippen LogP) is 1.81. The number of aliphatic hydroxyl groups is 1. The second kappa shape index (κ2) is 7.13. The fourth-order valence-corrected chi connectivity index (χ4v) is 2.14. The third kappa shape index (κ3) is 4.24. The highest BCUT2D eigenvalue weighted by Gasteiger charge is 2.19. The molecule has 0 aromatic carbocycles. The number of hydrogen-bond donors (Lipinski definition) is 3. The van der Waals surface area contributed by atoms with Crippen molar-refractivity contribution >= 4 is 6.03 Å². The van der Waals surface area contributed by atoms with E-state index in [0.29, 0.717) is 12.2 Å². The second-order valence-corrected chi connectivity index (χ2v) is 4.69. The van der Waals surface area contributed by atoms with Gasteiger partial charge >= 0.3 is 6.03 Å². The lowest BCUT2D eigenvalue weighted by atomic mass is 10.1. The predicted molar refractivity (Wildman–Crippen MR) is 71.8 cm³/mol. The maximum Gasteiger partial charge on any atom is 0.315 e. The van der Waals surface area contributed by atoms with Crippen molar-refractivity contribution in [1.82, 2.24) is 15.8 Å². The van der Waals surface area contributed by atoms with Crippen LogP contribution in [0.5, 0.6) is 0 Å². The molecule has 0 spiro atoms. The van der Waals surface area contributed by atoms with Gasteiger partial charge in [-0.3, -0.25) is 0 Å². The molecule has 0 saturated carbocycles. The van der Waals surface area contributed by atoms with Crippen LogP contribution in [0.1, 0.15) is 49.7 Å². The molecule has 108 valence electrons. The Morgan fingerprint density at radius 2 is 2.11 bits per heavy atom. The topological polar surface area (TPSA) is 87.4 Å². The second-order valence-electron chi connectivity index (χ2n) is 4.69. The molecule has 2 amide bonds. The number of nitrogens with one attached hydrogen (secondary N) is 2. The van der Waals surface area contributed by atoms with Crippen LogP contribution in [0.2, 0.25) is 0 Å². The number of amides is 2. The number of aliphatic hydroxyl groups excluding tert-OH is 1. The Morgan fingerprint density at radius 3 is 2.58 bits per heavy atom. The molecule has 1 rings (SSSR count). The molecule has 2 unspecified atom stereocenters. The van der Waals surface area contributed by atoms with E-state index in [1.54, 1.807) is 0 Å². The van der Waals surface area contributed by atoms with Crippen LogP contribution in [0.25, 0.3) is 0 Å². The Labute approximate surface area is 113 Å². The number of carbonyl (C=O) groups is 1. The van der Waals surface area contributed by atoms with E-state index in [9.17, 15) is 4.79 Å². The molecule has 2 atom stereocenters. The van der Waals surface area contributed by atoms with Crippen LogP contribution in [0.4, 0.5) is 4.79 Å². The van der Waals surface area contributed by atoms with E-state index in [2.05, 4.69) is 15.8 Å². The molecular formula is C13H23N3O3. The normalized spacial score (nSPS) is 13.9. The van der Waals surface area contributed by atoms with Gasteiger partial charge in [0, 0.05) is 18.2 Å². The molecule has 0 radical (unpaired) electrons. The molecule has 6 heteroatoms. The van der Waals surface area contributed by atoms with E-state index < -0.39 is 0 Å². The summed E-state index contributed by atoms with van der Waals surface area (Å²) in [5, 5.41) is 18.5. The number of aryl methyl sites for hydroxylation is 2. The minimum Gasteiger partial charge on any atom is -0.396 e. The largest absolute Gasteiger partial charge is 0.396 e. The van der Waals surface area contributed by atoms with Gasteiger partial charge in [0.25, 0.3) is 0 Å². The average Bonchev–Trinajstić information content (AvgIpc) is 2.68. The summed E-state index contributed by atoms with van der Waals surface area (Å²) in [6, 6.07) is -0.424. The van der Waals surface area contributed by atoms with E-state index in [1.807, 2.05) is 27.7 Å². The van der Waals surface area contributed by atoms with E-state index in [-0.39, 0.29) is 24.7 Å². The first-order valence-corrected chi connectivity index (χ1v) is 6.60. The lowest BCUT2D eigenvalue weighted by molar-refractivity contribution is 0.225. The molecule has 0 aliphatic heterocycles. The van der Waals surface area contributed by atoms with Gasteiger partial charge in [0.1, 0.15) is 5.76 Å². The molecule has 0 fully saturated rings. The molecule has 1 aromatic rings. The van der Waals surface area contributed by atoms with Crippen molar-refractivity contribution in [1.29, 1.82) is 0 Å². The molecule has 0 saturated heterocycles. The van der Waals surface area contributed by atoms with Gasteiger partial charge in [-0.15, -0.1) is 0 Å². The van der Waals surface area contributed by atoms with Crippen molar-refractivity contribution in [3.63, 3.8) is 0 Å². The van der Waals surface area contributed by atoms with E-state index >= 15 is 0 Å². The number of aromatic nitrogens is 1. The number of hydrogen-bond acceptors (Lipinski definition) is 4. The monoisotopic (exact) mass is 269 g/mol. The Kier molecular flexibility index (Phi) is 5.82. The minimum absolute atomic E-state index is 0.0122. The van der Waals surface area contributed by atoms with Crippen LogP contribution in [0, 0.1) is 13.8 Å². The summed E-state index contributed by atoms with van der Waals surface area (Å²) in [5.41, 5.74) is 1.69. The molecule has 1 heterocycles. The van der Waals surface area contributed by atoms with Gasteiger partial charge in [-0.05, 0) is 33.6 Å². The first kappa shape index (κ1) is 15.5. The van der Waals surface area contributed by atoms with Gasteiger partial charge in [0.2, 0.25) is 0 Å². The maximum atomic E-state index is 11.9. The Hall–Kier alpha value is -1.56. The first-order valence-electron chi connectivity index (χ1n) is 6.60. The zero-order valence-corrected chi connectivity index (χ0v) is 12.0. The molecule has 1 aromatic heterocycles. The number of carbonyl (C=O) groups excluding carboxylic acids is 1. The van der Waals surface area contributed by atoms with Crippen molar-refractivity contribution in [2.45, 2.75) is 52.6 Å². The highest BCUT2D eigenvalue weighted by atomic mass is 16.5. The van der Waals surface area contributed by atoms with Gasteiger partial charge in [-0.25, -0.2) is 4.79 Å². The third-order valence-corrected chi connectivity index (χ3v) is 3.17. The smallest absolute Gasteiger partial charge is 0.315 e. The zero-order valence-electron chi connectivity index (χ0n) is 12.0. The highest BCUT2D eigenvalue weighted by Crippen LogP contribution is 2.20. The average molecular weight is 269 g/mol. The van der Waals surface area contributed by atoms with Crippen LogP contribution in [-0.4, -0.2) is 28.9 Å². The molecule has 6 nitrogen and oxygen atoms in total. The summed E-state index contributed by atoms with van der Waals surface area (Å²) in [6.07, 6.45) is 1.34. The highest BCUT2D eigenvalue weighted by molar-refractivity contribution is 5.74. The summed E-state index contributed by atoms with van der Waals surface area (Å²) in [5.74, 6) is 0.715. The van der Waals surface area contributed by atoms with Gasteiger partial charge in [0.15, 0.2) is 0 Å². The number of rotatable bonds is 6. The van der Waals surface area contributed by atoms with E-state index in [4.69, 9.17) is 9.63 Å². The van der Waals surface area contributed by atoms with Crippen LogP contribution in [0.3, 0.4) is 0 Å². The van der Waals surface area contributed by atoms with Crippen molar-refractivity contribution in [2.75, 3.05) is 6.61 Å². The Balaban J connectivity index is 2.57. The maximum absolute atomic E-state index is 11.9. The van der Waals surface area contributed by atoms with E-state index in [1.165, 1.54) is 0 Å². The standard InChI is InChI=1S/C13H23N3O3/c1-5-11(6-7-17)15-13(18)14-8(2)12-9(3)16-19-10(12)4/h8,11,17H,5-7H2,1-4H3,(H2,14,15,18). The van der Waals surface area contributed by atoms with Crippen LogP contribution < -0.4 is 10.6 Å². The quantitative estimate of drug-likeness (QED) is 0.735. The summed E-state index contributed by atoms with van der Waals surface area (Å²) in [6.45, 7) is 7.60. The SMILES string of the molecule is CCC(CCO)NC(=O)NC(C)c1c(C)noc1C. The molecule has 0 aliphatic carbocycles.